The number of hydrogen-bond acceptors (Lipinski definition) is 1. The van der Waals surface area contributed by atoms with Crippen molar-refractivity contribution in [2.75, 3.05) is 0 Å². The van der Waals surface area contributed by atoms with Crippen molar-refractivity contribution in [1.82, 2.24) is 0 Å². The van der Waals surface area contributed by atoms with E-state index in [0.29, 0.717) is 0 Å². The van der Waals surface area contributed by atoms with Gasteiger partial charge in [-0.1, -0.05) is 30.1 Å². The topological polar surface area (TPSA) is 20.2 Å². The quantitative estimate of drug-likeness (QED) is 0.520. The molecule has 112 valence electrons. The third-order valence-electron chi connectivity index (χ3n) is 7.08. The Kier molecular flexibility index (Phi) is 3.09. The van der Waals surface area contributed by atoms with Crippen molar-refractivity contribution in [3.8, 4) is 12.3 Å². The molecule has 0 aromatic carbocycles. The van der Waals surface area contributed by atoms with Crippen molar-refractivity contribution in [1.29, 1.82) is 0 Å². The summed E-state index contributed by atoms with van der Waals surface area (Å²) in [5.74, 6) is 5.37. The summed E-state index contributed by atoms with van der Waals surface area (Å²) in [7, 11) is 0. The standard InChI is InChI=1S/C20H26O/c1-3-14-5-9-19-18-7-4-13-12-15(21)6-8-16(13)17(18)10-11-20(14,19)2/h1,5,15,17-19,21H,4,6-12H2,2H3/t15-,17?,18?,19?,20+/m0/s1. The average molecular weight is 282 g/mol. The summed E-state index contributed by atoms with van der Waals surface area (Å²) in [4.78, 5) is 0. The number of hydrogen-bond donors (Lipinski definition) is 1. The van der Waals surface area contributed by atoms with E-state index < -0.39 is 0 Å². The van der Waals surface area contributed by atoms with Crippen LogP contribution in [0.4, 0.5) is 0 Å². The second-order valence-electron chi connectivity index (χ2n) is 7.89. The predicted octanol–water partition coefficient (Wildman–Crippen LogP) is 4.23. The van der Waals surface area contributed by atoms with Crippen LogP contribution in [-0.2, 0) is 0 Å². The van der Waals surface area contributed by atoms with Crippen LogP contribution in [0.5, 0.6) is 0 Å². The van der Waals surface area contributed by atoms with E-state index >= 15 is 0 Å². The van der Waals surface area contributed by atoms with Crippen LogP contribution < -0.4 is 0 Å². The van der Waals surface area contributed by atoms with Crippen LogP contribution in [0.2, 0.25) is 0 Å². The second-order valence-corrected chi connectivity index (χ2v) is 7.89. The number of rotatable bonds is 0. The normalized spacial score (nSPS) is 45.3. The summed E-state index contributed by atoms with van der Waals surface area (Å²) < 4.78 is 0. The molecule has 0 aliphatic heterocycles. The van der Waals surface area contributed by atoms with Crippen LogP contribution in [0.3, 0.4) is 0 Å². The average Bonchev–Trinajstić information content (AvgIpc) is 2.83. The highest BCUT2D eigenvalue weighted by atomic mass is 16.3. The van der Waals surface area contributed by atoms with E-state index in [1.165, 1.54) is 37.7 Å². The molecular formula is C20H26O. The Bertz CT molecular complexity index is 561. The molecule has 0 aromatic rings. The molecule has 5 atom stereocenters. The zero-order valence-corrected chi connectivity index (χ0v) is 13.1. The van der Waals surface area contributed by atoms with E-state index in [4.69, 9.17) is 6.42 Å². The number of aliphatic hydroxyl groups excluding tert-OH is 1. The Morgan fingerprint density at radius 3 is 2.95 bits per heavy atom. The maximum Gasteiger partial charge on any atom is 0.0580 e. The van der Waals surface area contributed by atoms with E-state index in [-0.39, 0.29) is 11.5 Å². The maximum atomic E-state index is 9.94. The SMILES string of the molecule is C#CC1=CCC2C3CCC4=C(CC[C@H](O)C4)C3CC[C@]12C. The Labute approximate surface area is 128 Å². The lowest BCUT2D eigenvalue weighted by molar-refractivity contribution is 0.0518. The van der Waals surface area contributed by atoms with Gasteiger partial charge in [0.1, 0.15) is 0 Å². The van der Waals surface area contributed by atoms with E-state index in [0.717, 1.165) is 37.0 Å². The second kappa shape index (κ2) is 4.75. The molecule has 1 saturated carbocycles. The van der Waals surface area contributed by atoms with Crippen molar-refractivity contribution >= 4 is 0 Å². The monoisotopic (exact) mass is 282 g/mol. The van der Waals surface area contributed by atoms with E-state index in [9.17, 15) is 5.11 Å². The first-order valence-corrected chi connectivity index (χ1v) is 8.69. The summed E-state index contributed by atoms with van der Waals surface area (Å²) in [5.41, 5.74) is 4.92. The van der Waals surface area contributed by atoms with Gasteiger partial charge in [0.2, 0.25) is 0 Å². The Hall–Kier alpha value is -1.00. The van der Waals surface area contributed by atoms with Crippen LogP contribution in [0, 0.1) is 35.5 Å². The zero-order chi connectivity index (χ0) is 14.6. The first-order valence-electron chi connectivity index (χ1n) is 8.69. The molecule has 1 N–H and O–H groups in total. The van der Waals surface area contributed by atoms with Crippen molar-refractivity contribution in [3.63, 3.8) is 0 Å². The van der Waals surface area contributed by atoms with E-state index in [1.54, 1.807) is 11.1 Å². The lowest BCUT2D eigenvalue weighted by Gasteiger charge is -2.51. The van der Waals surface area contributed by atoms with Gasteiger partial charge in [-0.05, 0) is 69.1 Å². The first-order chi connectivity index (χ1) is 10.1. The fraction of sp³-hybridized carbons (Fsp3) is 0.700. The number of allylic oxidation sites excluding steroid dienone is 3. The first kappa shape index (κ1) is 13.6. The van der Waals surface area contributed by atoms with Gasteiger partial charge < -0.3 is 5.11 Å². The van der Waals surface area contributed by atoms with Gasteiger partial charge in [0, 0.05) is 11.0 Å². The summed E-state index contributed by atoms with van der Waals surface area (Å²) >= 11 is 0. The van der Waals surface area contributed by atoms with Gasteiger partial charge >= 0.3 is 0 Å². The van der Waals surface area contributed by atoms with Gasteiger partial charge in [0.25, 0.3) is 0 Å². The minimum absolute atomic E-state index is 0.0738. The molecule has 1 heteroatoms. The molecule has 1 nitrogen and oxygen atoms in total. The van der Waals surface area contributed by atoms with Crippen LogP contribution in [0.15, 0.2) is 22.8 Å². The zero-order valence-electron chi connectivity index (χ0n) is 13.1. The molecule has 0 aromatic heterocycles. The van der Waals surface area contributed by atoms with Gasteiger partial charge in [0.15, 0.2) is 0 Å². The molecule has 4 rings (SSSR count). The molecule has 0 bridgehead atoms. The Balaban J connectivity index is 1.64. The summed E-state index contributed by atoms with van der Waals surface area (Å²) in [6, 6.07) is 0. The molecule has 0 heterocycles. The molecule has 0 radical (unpaired) electrons. The number of terminal acetylenes is 1. The molecule has 0 amide bonds. The van der Waals surface area contributed by atoms with Crippen molar-refractivity contribution < 1.29 is 5.11 Å². The molecule has 4 aliphatic carbocycles. The molecule has 0 saturated heterocycles. The van der Waals surface area contributed by atoms with Gasteiger partial charge in [-0.2, -0.15) is 0 Å². The highest BCUT2D eigenvalue weighted by Crippen LogP contribution is 2.61. The molecule has 4 aliphatic rings. The minimum atomic E-state index is -0.0738. The molecule has 3 unspecified atom stereocenters. The molecule has 0 spiro atoms. The highest BCUT2D eigenvalue weighted by Gasteiger charge is 2.52. The Morgan fingerprint density at radius 1 is 1.29 bits per heavy atom. The molecule has 21 heavy (non-hydrogen) atoms. The summed E-state index contributed by atoms with van der Waals surface area (Å²) in [5, 5.41) is 9.94. The summed E-state index contributed by atoms with van der Waals surface area (Å²) in [6.07, 6.45) is 17.4. The lowest BCUT2D eigenvalue weighted by Crippen LogP contribution is -2.43. The minimum Gasteiger partial charge on any atom is -0.393 e. The number of aliphatic hydroxyl groups is 1. The number of fused-ring (bicyclic) bond motifs is 4. The predicted molar refractivity (Wildman–Crippen MR) is 85.5 cm³/mol. The van der Waals surface area contributed by atoms with E-state index in [1.807, 2.05) is 0 Å². The third-order valence-corrected chi connectivity index (χ3v) is 7.08. The van der Waals surface area contributed by atoms with Crippen LogP contribution in [-0.4, -0.2) is 11.2 Å². The van der Waals surface area contributed by atoms with Crippen LogP contribution >= 0.6 is 0 Å². The van der Waals surface area contributed by atoms with Crippen molar-refractivity contribution in [2.24, 2.45) is 23.2 Å². The van der Waals surface area contributed by atoms with Gasteiger partial charge in [-0.25, -0.2) is 0 Å². The third kappa shape index (κ3) is 1.88. The van der Waals surface area contributed by atoms with Crippen LogP contribution in [0.1, 0.15) is 58.3 Å². The fourth-order valence-corrected chi connectivity index (χ4v) is 5.98. The van der Waals surface area contributed by atoms with Crippen LogP contribution in [0.25, 0.3) is 0 Å². The highest BCUT2D eigenvalue weighted by molar-refractivity contribution is 5.39. The van der Waals surface area contributed by atoms with E-state index in [2.05, 4.69) is 18.9 Å². The molecular weight excluding hydrogens is 256 g/mol. The smallest absolute Gasteiger partial charge is 0.0580 e. The summed E-state index contributed by atoms with van der Waals surface area (Å²) in [6.45, 7) is 2.42. The van der Waals surface area contributed by atoms with Gasteiger partial charge in [-0.3, -0.25) is 0 Å². The van der Waals surface area contributed by atoms with Gasteiger partial charge in [-0.15, -0.1) is 6.42 Å². The lowest BCUT2D eigenvalue weighted by atomic mass is 9.53. The van der Waals surface area contributed by atoms with Gasteiger partial charge in [0.05, 0.1) is 6.10 Å². The largest absolute Gasteiger partial charge is 0.393 e. The van der Waals surface area contributed by atoms with Crippen molar-refractivity contribution in [2.45, 2.75) is 64.4 Å². The molecule has 1 fully saturated rings. The Morgan fingerprint density at radius 2 is 2.14 bits per heavy atom. The van der Waals surface area contributed by atoms with Crippen molar-refractivity contribution in [3.05, 3.63) is 22.8 Å². The fourth-order valence-electron chi connectivity index (χ4n) is 5.98. The maximum absolute atomic E-state index is 9.94.